The van der Waals surface area contributed by atoms with Gasteiger partial charge in [-0.1, -0.05) is 50.2 Å². The lowest BCUT2D eigenvalue weighted by Gasteiger charge is -2.22. The van der Waals surface area contributed by atoms with Crippen LogP contribution in [0.5, 0.6) is 0 Å². The number of aromatic nitrogens is 2. The Bertz CT molecular complexity index is 1020. The first-order chi connectivity index (χ1) is 15.4. The molecule has 0 fully saturated rings. The number of carbonyl (C=O) groups excluding carboxylic acids is 2. The molecule has 1 heterocycles. The Hall–Kier alpha value is -3.61. The van der Waals surface area contributed by atoms with Crippen LogP contribution in [0.25, 0.3) is 5.69 Å². The molecule has 168 valence electrons. The molecule has 3 amide bonds. The predicted octanol–water partition coefficient (Wildman–Crippen LogP) is 4.08. The van der Waals surface area contributed by atoms with Crippen LogP contribution >= 0.6 is 0 Å². The van der Waals surface area contributed by atoms with E-state index in [4.69, 9.17) is 0 Å². The molecule has 1 aromatic heterocycles. The zero-order valence-corrected chi connectivity index (χ0v) is 18.8. The van der Waals surface area contributed by atoms with E-state index in [0.717, 1.165) is 29.8 Å². The van der Waals surface area contributed by atoms with Crippen LogP contribution in [0.15, 0.2) is 66.9 Å². The lowest BCUT2D eigenvalue weighted by atomic mass is 10.0. The minimum Gasteiger partial charge on any atom is -0.354 e. The summed E-state index contributed by atoms with van der Waals surface area (Å²) in [4.78, 5) is 25.0. The topological polar surface area (TPSA) is 88.1 Å². The van der Waals surface area contributed by atoms with Gasteiger partial charge in [-0.05, 0) is 55.5 Å². The number of rotatable bonds is 9. The summed E-state index contributed by atoms with van der Waals surface area (Å²) in [5.41, 5.74) is 3.84. The average Bonchev–Trinajstić information content (AvgIpc) is 3.16. The molecule has 3 aromatic rings. The lowest BCUT2D eigenvalue weighted by molar-refractivity contribution is -0.123. The molecular weight excluding hydrogens is 402 g/mol. The Morgan fingerprint density at radius 3 is 2.31 bits per heavy atom. The molecule has 0 aliphatic heterocycles. The van der Waals surface area contributed by atoms with Gasteiger partial charge in [-0.2, -0.15) is 5.10 Å². The van der Waals surface area contributed by atoms with Crippen molar-refractivity contribution in [1.29, 1.82) is 0 Å². The first-order valence-electron chi connectivity index (χ1n) is 10.9. The molecule has 7 nitrogen and oxygen atoms in total. The second-order valence-corrected chi connectivity index (χ2v) is 8.10. The number of benzene rings is 2. The number of amides is 3. The second kappa shape index (κ2) is 11.1. The molecule has 0 radical (unpaired) electrons. The van der Waals surface area contributed by atoms with E-state index in [0.29, 0.717) is 12.2 Å². The van der Waals surface area contributed by atoms with Gasteiger partial charge in [-0.25, -0.2) is 9.48 Å². The highest BCUT2D eigenvalue weighted by molar-refractivity contribution is 5.93. The van der Waals surface area contributed by atoms with Gasteiger partial charge in [0.1, 0.15) is 6.04 Å². The number of para-hydroxylation sites is 2. The number of carbonyl (C=O) groups is 2. The van der Waals surface area contributed by atoms with Crippen molar-refractivity contribution in [2.24, 2.45) is 5.92 Å². The molecule has 0 aliphatic rings. The summed E-state index contributed by atoms with van der Waals surface area (Å²) in [6, 6.07) is 18.1. The van der Waals surface area contributed by atoms with Crippen molar-refractivity contribution in [2.75, 3.05) is 11.9 Å². The van der Waals surface area contributed by atoms with E-state index in [1.54, 1.807) is 12.1 Å². The van der Waals surface area contributed by atoms with Gasteiger partial charge in [-0.3, -0.25) is 4.79 Å². The standard InChI is InChI=1S/C25H31N5O2/c1-18(2)23(28-25(32)27-21-12-6-4-7-13-21)24(31)26-16-10-11-20-17-30(29-19(20)3)22-14-8-5-9-15-22/h4-9,12-15,17-18,23H,10-11,16H2,1-3H3,(H,26,31)(H2,27,28,32). The summed E-state index contributed by atoms with van der Waals surface area (Å²) in [5, 5.41) is 13.1. The van der Waals surface area contributed by atoms with Crippen LogP contribution < -0.4 is 16.0 Å². The molecule has 0 aliphatic carbocycles. The number of aryl methyl sites for hydroxylation is 2. The highest BCUT2D eigenvalue weighted by Gasteiger charge is 2.23. The summed E-state index contributed by atoms with van der Waals surface area (Å²) in [6.45, 7) is 6.35. The lowest BCUT2D eigenvalue weighted by Crippen LogP contribution is -2.51. The van der Waals surface area contributed by atoms with Gasteiger partial charge in [0.25, 0.3) is 0 Å². The normalized spacial score (nSPS) is 11.8. The SMILES string of the molecule is Cc1nn(-c2ccccc2)cc1CCCNC(=O)C(NC(=O)Nc1ccccc1)C(C)C. The maximum Gasteiger partial charge on any atom is 0.319 e. The molecule has 0 bridgehead atoms. The zero-order chi connectivity index (χ0) is 22.9. The fourth-order valence-corrected chi connectivity index (χ4v) is 3.42. The molecule has 3 rings (SSSR count). The minimum absolute atomic E-state index is 0.0390. The Kier molecular flexibility index (Phi) is 8.02. The van der Waals surface area contributed by atoms with Gasteiger partial charge in [0.2, 0.25) is 5.91 Å². The number of nitrogens with one attached hydrogen (secondary N) is 3. The summed E-state index contributed by atoms with van der Waals surface area (Å²) in [5.74, 6) is -0.220. The largest absolute Gasteiger partial charge is 0.354 e. The number of anilines is 1. The smallest absolute Gasteiger partial charge is 0.319 e. The molecule has 2 aromatic carbocycles. The van der Waals surface area contributed by atoms with Crippen LogP contribution in [0.4, 0.5) is 10.5 Å². The first-order valence-corrected chi connectivity index (χ1v) is 10.9. The van der Waals surface area contributed by atoms with E-state index in [1.165, 1.54) is 0 Å². The number of urea groups is 1. The third kappa shape index (κ3) is 6.44. The third-order valence-corrected chi connectivity index (χ3v) is 5.21. The highest BCUT2D eigenvalue weighted by atomic mass is 16.2. The van der Waals surface area contributed by atoms with Gasteiger partial charge in [0.05, 0.1) is 11.4 Å². The molecule has 0 saturated heterocycles. The molecule has 0 spiro atoms. The summed E-state index contributed by atoms with van der Waals surface area (Å²) in [7, 11) is 0. The summed E-state index contributed by atoms with van der Waals surface area (Å²) >= 11 is 0. The van der Waals surface area contributed by atoms with E-state index >= 15 is 0 Å². The van der Waals surface area contributed by atoms with E-state index in [-0.39, 0.29) is 11.8 Å². The fraction of sp³-hybridized carbons (Fsp3) is 0.320. The van der Waals surface area contributed by atoms with Gasteiger partial charge >= 0.3 is 6.03 Å². The third-order valence-electron chi connectivity index (χ3n) is 5.21. The average molecular weight is 434 g/mol. The molecule has 0 saturated carbocycles. The second-order valence-electron chi connectivity index (χ2n) is 8.10. The van der Waals surface area contributed by atoms with Crippen molar-refractivity contribution in [3.05, 3.63) is 78.1 Å². The molecule has 7 heteroatoms. The van der Waals surface area contributed by atoms with Crippen LogP contribution in [0.3, 0.4) is 0 Å². The van der Waals surface area contributed by atoms with E-state index in [2.05, 4.69) is 21.0 Å². The quantitative estimate of drug-likeness (QED) is 0.445. The molecule has 1 atom stereocenters. The van der Waals surface area contributed by atoms with Crippen molar-refractivity contribution in [3.63, 3.8) is 0 Å². The van der Waals surface area contributed by atoms with Gasteiger partial charge in [0.15, 0.2) is 0 Å². The Labute approximate surface area is 189 Å². The Balaban J connectivity index is 1.47. The van der Waals surface area contributed by atoms with Crippen LogP contribution in [0.1, 0.15) is 31.5 Å². The van der Waals surface area contributed by atoms with Crippen LogP contribution in [-0.4, -0.2) is 34.3 Å². The molecule has 32 heavy (non-hydrogen) atoms. The fourth-order valence-electron chi connectivity index (χ4n) is 3.42. The van der Waals surface area contributed by atoms with Crippen molar-refractivity contribution < 1.29 is 9.59 Å². The minimum atomic E-state index is -0.610. The van der Waals surface area contributed by atoms with Crippen molar-refractivity contribution >= 4 is 17.6 Å². The van der Waals surface area contributed by atoms with Crippen LogP contribution in [-0.2, 0) is 11.2 Å². The van der Waals surface area contributed by atoms with E-state index in [9.17, 15) is 9.59 Å². The Morgan fingerprint density at radius 2 is 1.66 bits per heavy atom. The van der Waals surface area contributed by atoms with Gasteiger partial charge in [-0.15, -0.1) is 0 Å². The number of hydrogen-bond donors (Lipinski definition) is 3. The maximum absolute atomic E-state index is 12.7. The van der Waals surface area contributed by atoms with Gasteiger partial charge < -0.3 is 16.0 Å². The van der Waals surface area contributed by atoms with Crippen molar-refractivity contribution in [1.82, 2.24) is 20.4 Å². The van der Waals surface area contributed by atoms with E-state index in [1.807, 2.05) is 80.2 Å². The number of hydrogen-bond acceptors (Lipinski definition) is 3. The molecular formula is C25H31N5O2. The monoisotopic (exact) mass is 433 g/mol. The van der Waals surface area contributed by atoms with Gasteiger partial charge in [0, 0.05) is 18.4 Å². The maximum atomic E-state index is 12.7. The zero-order valence-electron chi connectivity index (χ0n) is 18.8. The molecule has 3 N–H and O–H groups in total. The highest BCUT2D eigenvalue weighted by Crippen LogP contribution is 2.13. The first kappa shape index (κ1) is 23.1. The molecule has 1 unspecified atom stereocenters. The predicted molar refractivity (Wildman–Crippen MR) is 127 cm³/mol. The van der Waals surface area contributed by atoms with Crippen LogP contribution in [0, 0.1) is 12.8 Å². The Morgan fingerprint density at radius 1 is 1.00 bits per heavy atom. The van der Waals surface area contributed by atoms with E-state index < -0.39 is 12.1 Å². The van der Waals surface area contributed by atoms with Crippen LogP contribution in [0.2, 0.25) is 0 Å². The number of nitrogens with zero attached hydrogens (tertiary/aromatic N) is 2. The summed E-state index contributed by atoms with van der Waals surface area (Å²) in [6.07, 6.45) is 3.64. The summed E-state index contributed by atoms with van der Waals surface area (Å²) < 4.78 is 1.88. The van der Waals surface area contributed by atoms with Crippen molar-refractivity contribution in [3.8, 4) is 5.69 Å². The van der Waals surface area contributed by atoms with Crippen molar-refractivity contribution in [2.45, 2.75) is 39.7 Å².